The fourth-order valence-electron chi connectivity index (χ4n) is 3.71. The Morgan fingerprint density at radius 2 is 2.08 bits per heavy atom. The summed E-state index contributed by atoms with van der Waals surface area (Å²) in [5.41, 5.74) is 15.2. The Balaban J connectivity index is 1.62. The lowest BCUT2D eigenvalue weighted by Gasteiger charge is -2.28. The van der Waals surface area contributed by atoms with Crippen LogP contribution >= 0.6 is 0 Å². The van der Waals surface area contributed by atoms with Gasteiger partial charge in [-0.1, -0.05) is 42.5 Å². The average molecular weight is 319 g/mol. The van der Waals surface area contributed by atoms with Gasteiger partial charge in [-0.15, -0.1) is 0 Å². The number of aliphatic imine (C=N–C) groups is 1. The van der Waals surface area contributed by atoms with Crippen LogP contribution in [-0.4, -0.2) is 21.7 Å². The second kappa shape index (κ2) is 6.07. The highest BCUT2D eigenvalue weighted by molar-refractivity contribution is 5.90. The average Bonchev–Trinajstić information content (AvgIpc) is 2.77. The number of nitrogen functional groups attached to an aromatic ring is 2. The van der Waals surface area contributed by atoms with Crippen LogP contribution in [0, 0.1) is 11.8 Å². The summed E-state index contributed by atoms with van der Waals surface area (Å²) in [5, 5.41) is 0. The van der Waals surface area contributed by atoms with Crippen LogP contribution in [0.15, 0.2) is 59.3 Å². The smallest absolute Gasteiger partial charge is 0.221 e. The molecule has 0 spiro atoms. The van der Waals surface area contributed by atoms with Crippen molar-refractivity contribution in [3.8, 4) is 0 Å². The lowest BCUT2D eigenvalue weighted by molar-refractivity contribution is 0.490. The molecule has 1 aromatic rings. The van der Waals surface area contributed by atoms with Gasteiger partial charge in [0, 0.05) is 29.8 Å². The first-order valence-corrected chi connectivity index (χ1v) is 8.35. The van der Waals surface area contributed by atoms with Crippen LogP contribution in [0.25, 0.3) is 0 Å². The van der Waals surface area contributed by atoms with Crippen LogP contribution in [-0.2, 0) is 6.42 Å². The van der Waals surface area contributed by atoms with Gasteiger partial charge in [-0.2, -0.15) is 4.98 Å². The topological polar surface area (TPSA) is 90.2 Å². The van der Waals surface area contributed by atoms with Crippen molar-refractivity contribution < 1.29 is 0 Å². The molecule has 3 atom stereocenters. The molecule has 5 heteroatoms. The SMILES string of the molecule is Nc1ncc(CC2C=CCC3=NC4C=CC=CC4=CCC32)c(N)n1. The molecule has 1 aromatic heterocycles. The highest BCUT2D eigenvalue weighted by Gasteiger charge is 2.30. The van der Waals surface area contributed by atoms with Gasteiger partial charge in [0.25, 0.3) is 0 Å². The van der Waals surface area contributed by atoms with E-state index < -0.39 is 0 Å². The fraction of sp³-hybridized carbons (Fsp3) is 0.316. The Bertz CT molecular complexity index is 800. The van der Waals surface area contributed by atoms with E-state index in [4.69, 9.17) is 16.5 Å². The molecule has 0 saturated carbocycles. The summed E-state index contributed by atoms with van der Waals surface area (Å²) in [6, 6.07) is 0.173. The van der Waals surface area contributed by atoms with Gasteiger partial charge in [0.05, 0.1) is 6.04 Å². The number of allylic oxidation sites excluding steroid dienone is 5. The summed E-state index contributed by atoms with van der Waals surface area (Å²) >= 11 is 0. The molecule has 1 aliphatic heterocycles. The summed E-state index contributed by atoms with van der Waals surface area (Å²) in [5.74, 6) is 1.47. The van der Waals surface area contributed by atoms with Crippen LogP contribution in [0.5, 0.6) is 0 Å². The van der Waals surface area contributed by atoms with Crippen molar-refractivity contribution in [3.05, 3.63) is 59.9 Å². The largest absolute Gasteiger partial charge is 0.383 e. The first-order chi connectivity index (χ1) is 11.7. The number of nitrogens with zero attached hydrogens (tertiary/aromatic N) is 3. The molecule has 3 unspecified atom stereocenters. The van der Waals surface area contributed by atoms with Crippen LogP contribution in [0.3, 0.4) is 0 Å². The van der Waals surface area contributed by atoms with E-state index in [2.05, 4.69) is 52.5 Å². The number of rotatable bonds is 2. The molecule has 24 heavy (non-hydrogen) atoms. The molecule has 4 rings (SSSR count). The molecule has 4 N–H and O–H groups in total. The Labute approximate surface area is 141 Å². The Kier molecular flexibility index (Phi) is 3.76. The van der Waals surface area contributed by atoms with E-state index in [1.807, 2.05) is 0 Å². The van der Waals surface area contributed by atoms with Gasteiger partial charge < -0.3 is 11.5 Å². The number of aromatic nitrogens is 2. The fourth-order valence-corrected chi connectivity index (χ4v) is 3.71. The standard InChI is InChI=1S/C19H21N5/c20-18-14(11-22-19(21)24-18)10-13-5-3-7-17-15(13)9-8-12-4-1-2-6-16(12)23-17/h1-6,8,11,13,15-16H,7,9-10H2,(H4,20,21,22,24). The minimum absolute atomic E-state index is 0.173. The van der Waals surface area contributed by atoms with E-state index in [1.165, 1.54) is 11.3 Å². The highest BCUT2D eigenvalue weighted by Crippen LogP contribution is 2.34. The number of fused-ring (bicyclic) bond motifs is 2. The molecular formula is C19H21N5. The first-order valence-electron chi connectivity index (χ1n) is 8.35. The third kappa shape index (κ3) is 2.77. The molecular weight excluding hydrogens is 298 g/mol. The molecule has 0 aromatic carbocycles. The molecule has 5 nitrogen and oxygen atoms in total. The van der Waals surface area contributed by atoms with Crippen molar-refractivity contribution in [1.82, 2.24) is 9.97 Å². The predicted octanol–water partition coefficient (Wildman–Crippen LogP) is 2.64. The third-order valence-electron chi connectivity index (χ3n) is 4.97. The van der Waals surface area contributed by atoms with Gasteiger partial charge in [-0.05, 0) is 24.3 Å². The molecule has 0 amide bonds. The molecule has 0 radical (unpaired) electrons. The van der Waals surface area contributed by atoms with Crippen molar-refractivity contribution in [1.29, 1.82) is 0 Å². The van der Waals surface area contributed by atoms with E-state index >= 15 is 0 Å². The van der Waals surface area contributed by atoms with Crippen LogP contribution < -0.4 is 11.5 Å². The Morgan fingerprint density at radius 1 is 1.17 bits per heavy atom. The van der Waals surface area contributed by atoms with Crippen molar-refractivity contribution in [2.45, 2.75) is 25.3 Å². The zero-order valence-electron chi connectivity index (χ0n) is 13.5. The second-order valence-electron chi connectivity index (χ2n) is 6.49. The summed E-state index contributed by atoms with van der Waals surface area (Å²) in [4.78, 5) is 13.2. The number of nitrogens with two attached hydrogens (primary N) is 2. The minimum Gasteiger partial charge on any atom is -0.383 e. The predicted molar refractivity (Wildman–Crippen MR) is 97.5 cm³/mol. The Morgan fingerprint density at radius 3 is 2.96 bits per heavy atom. The maximum atomic E-state index is 6.02. The van der Waals surface area contributed by atoms with Gasteiger partial charge in [0.2, 0.25) is 5.95 Å². The number of hydrogen-bond donors (Lipinski definition) is 2. The van der Waals surface area contributed by atoms with E-state index in [0.29, 0.717) is 17.7 Å². The highest BCUT2D eigenvalue weighted by atomic mass is 15.0. The second-order valence-corrected chi connectivity index (χ2v) is 6.49. The number of anilines is 2. The van der Waals surface area contributed by atoms with Crippen molar-refractivity contribution in [2.75, 3.05) is 11.5 Å². The summed E-state index contributed by atoms with van der Waals surface area (Å²) in [7, 11) is 0. The molecule has 2 aliphatic carbocycles. The lowest BCUT2D eigenvalue weighted by atomic mass is 9.77. The molecule has 0 bridgehead atoms. The van der Waals surface area contributed by atoms with Crippen LogP contribution in [0.4, 0.5) is 11.8 Å². The van der Waals surface area contributed by atoms with E-state index in [-0.39, 0.29) is 12.0 Å². The maximum Gasteiger partial charge on any atom is 0.221 e. The first kappa shape index (κ1) is 14.9. The van der Waals surface area contributed by atoms with E-state index in [9.17, 15) is 0 Å². The maximum absolute atomic E-state index is 6.02. The summed E-state index contributed by atoms with van der Waals surface area (Å²) < 4.78 is 0. The third-order valence-corrected chi connectivity index (χ3v) is 4.97. The summed E-state index contributed by atoms with van der Waals surface area (Å²) in [6.07, 6.45) is 19.8. The zero-order chi connectivity index (χ0) is 16.5. The molecule has 0 fully saturated rings. The van der Waals surface area contributed by atoms with Crippen LogP contribution in [0.1, 0.15) is 18.4 Å². The molecule has 2 heterocycles. The molecule has 0 saturated heterocycles. The quantitative estimate of drug-likeness (QED) is 0.820. The van der Waals surface area contributed by atoms with Gasteiger partial charge >= 0.3 is 0 Å². The van der Waals surface area contributed by atoms with Crippen molar-refractivity contribution >= 4 is 17.5 Å². The monoisotopic (exact) mass is 319 g/mol. The molecule has 3 aliphatic rings. The van der Waals surface area contributed by atoms with Gasteiger partial charge in [0.1, 0.15) is 5.82 Å². The summed E-state index contributed by atoms with van der Waals surface area (Å²) in [6.45, 7) is 0. The normalized spacial score (nSPS) is 27.8. The Hall–Kier alpha value is -2.69. The minimum atomic E-state index is 0.173. The zero-order valence-corrected chi connectivity index (χ0v) is 13.5. The van der Waals surface area contributed by atoms with Crippen molar-refractivity contribution in [2.24, 2.45) is 16.8 Å². The van der Waals surface area contributed by atoms with Gasteiger partial charge in [-0.25, -0.2) is 4.98 Å². The van der Waals surface area contributed by atoms with Crippen molar-refractivity contribution in [3.63, 3.8) is 0 Å². The van der Waals surface area contributed by atoms with Gasteiger partial charge in [0.15, 0.2) is 0 Å². The molecule has 122 valence electrons. The number of hydrogen-bond acceptors (Lipinski definition) is 5. The van der Waals surface area contributed by atoms with Crippen LogP contribution in [0.2, 0.25) is 0 Å². The van der Waals surface area contributed by atoms with E-state index in [1.54, 1.807) is 6.20 Å². The lowest BCUT2D eigenvalue weighted by Crippen LogP contribution is -2.27. The van der Waals surface area contributed by atoms with E-state index in [0.717, 1.165) is 24.8 Å². The van der Waals surface area contributed by atoms with Gasteiger partial charge in [-0.3, -0.25) is 4.99 Å².